The Morgan fingerprint density at radius 2 is 1.13 bits per heavy atom. The van der Waals surface area contributed by atoms with E-state index in [0.29, 0.717) is 0 Å². The van der Waals surface area contributed by atoms with Crippen LogP contribution in [0.3, 0.4) is 0 Å². The topological polar surface area (TPSA) is 21.3 Å². The van der Waals surface area contributed by atoms with Crippen LogP contribution in [0.5, 0.6) is 0 Å². The Labute approximate surface area is 271 Å². The highest BCUT2D eigenvalue weighted by molar-refractivity contribution is 6.20. The molecular formula is C44H28N2O. The summed E-state index contributed by atoms with van der Waals surface area (Å²) in [5.41, 5.74) is 8.54. The first-order valence-corrected chi connectivity index (χ1v) is 16.0. The number of rotatable bonds is 4. The second-order valence-corrected chi connectivity index (χ2v) is 12.2. The minimum absolute atomic E-state index is 0.875. The van der Waals surface area contributed by atoms with Crippen LogP contribution >= 0.6 is 0 Å². The fraction of sp³-hybridized carbons (Fsp3) is 0. The van der Waals surface area contributed by atoms with Crippen LogP contribution in [0.25, 0.3) is 71.0 Å². The molecule has 2 aromatic heterocycles. The van der Waals surface area contributed by atoms with E-state index in [1.165, 1.54) is 37.8 Å². The molecule has 0 amide bonds. The number of anilines is 3. The molecule has 0 aliphatic carbocycles. The largest absolute Gasteiger partial charge is 0.456 e. The molecule has 10 rings (SSSR count). The number of para-hydroxylation sites is 2. The maximum atomic E-state index is 6.52. The molecule has 0 bridgehead atoms. The minimum atomic E-state index is 0.875. The molecule has 0 spiro atoms. The van der Waals surface area contributed by atoms with Gasteiger partial charge in [-0.3, -0.25) is 0 Å². The van der Waals surface area contributed by atoms with Gasteiger partial charge in [0.1, 0.15) is 11.2 Å². The lowest BCUT2D eigenvalue weighted by Gasteiger charge is -2.26. The number of fused-ring (bicyclic) bond motifs is 9. The first-order valence-electron chi connectivity index (χ1n) is 16.0. The Morgan fingerprint density at radius 1 is 0.426 bits per heavy atom. The predicted molar refractivity (Wildman–Crippen MR) is 198 cm³/mol. The maximum absolute atomic E-state index is 6.52. The monoisotopic (exact) mass is 600 g/mol. The molecule has 0 radical (unpaired) electrons. The van der Waals surface area contributed by atoms with Gasteiger partial charge in [-0.2, -0.15) is 0 Å². The lowest BCUT2D eigenvalue weighted by molar-refractivity contribution is 0.669. The van der Waals surface area contributed by atoms with E-state index in [-0.39, 0.29) is 0 Å². The molecule has 8 aromatic carbocycles. The fourth-order valence-electron chi connectivity index (χ4n) is 7.43. The van der Waals surface area contributed by atoms with Gasteiger partial charge in [-0.05, 0) is 76.8 Å². The van der Waals surface area contributed by atoms with Crippen molar-refractivity contribution < 1.29 is 4.42 Å². The molecule has 2 heterocycles. The van der Waals surface area contributed by atoms with Crippen molar-refractivity contribution >= 4 is 82.4 Å². The van der Waals surface area contributed by atoms with Gasteiger partial charge < -0.3 is 13.9 Å². The van der Waals surface area contributed by atoms with Crippen molar-refractivity contribution in [1.82, 2.24) is 4.57 Å². The van der Waals surface area contributed by atoms with Crippen LogP contribution in [-0.2, 0) is 0 Å². The Balaban J connectivity index is 1.30. The summed E-state index contributed by atoms with van der Waals surface area (Å²) in [4.78, 5) is 2.37. The van der Waals surface area contributed by atoms with Gasteiger partial charge in [0, 0.05) is 38.6 Å². The van der Waals surface area contributed by atoms with Crippen LogP contribution in [0.15, 0.2) is 174 Å². The quantitative estimate of drug-likeness (QED) is 0.200. The smallest absolute Gasteiger partial charge is 0.137 e. The lowest BCUT2D eigenvalue weighted by atomic mass is 10.0. The summed E-state index contributed by atoms with van der Waals surface area (Å²) in [6.07, 6.45) is 0. The van der Waals surface area contributed by atoms with Gasteiger partial charge in [0.05, 0.1) is 22.1 Å². The van der Waals surface area contributed by atoms with E-state index in [1.54, 1.807) is 0 Å². The number of hydrogen-bond acceptors (Lipinski definition) is 2. The second kappa shape index (κ2) is 10.1. The van der Waals surface area contributed by atoms with Gasteiger partial charge in [0.25, 0.3) is 0 Å². The number of benzene rings is 8. The van der Waals surface area contributed by atoms with Crippen molar-refractivity contribution in [3.8, 4) is 5.69 Å². The van der Waals surface area contributed by atoms with E-state index in [1.807, 2.05) is 0 Å². The summed E-state index contributed by atoms with van der Waals surface area (Å²) in [6.45, 7) is 0. The average Bonchev–Trinajstić information content (AvgIpc) is 3.67. The zero-order valence-corrected chi connectivity index (χ0v) is 25.5. The zero-order valence-electron chi connectivity index (χ0n) is 25.5. The van der Waals surface area contributed by atoms with E-state index in [9.17, 15) is 0 Å². The summed E-state index contributed by atoms with van der Waals surface area (Å²) in [5, 5.41) is 9.54. The molecule has 3 heteroatoms. The van der Waals surface area contributed by atoms with Crippen molar-refractivity contribution in [2.75, 3.05) is 4.90 Å². The molecule has 0 atom stereocenters. The van der Waals surface area contributed by atoms with E-state index < -0.39 is 0 Å². The number of nitrogens with zero attached hydrogens (tertiary/aromatic N) is 2. The Kier molecular flexibility index (Phi) is 5.57. The summed E-state index contributed by atoms with van der Waals surface area (Å²) in [7, 11) is 0. The molecule has 3 nitrogen and oxygen atoms in total. The summed E-state index contributed by atoms with van der Waals surface area (Å²) >= 11 is 0. The van der Waals surface area contributed by atoms with Crippen LogP contribution in [0.2, 0.25) is 0 Å². The van der Waals surface area contributed by atoms with Crippen molar-refractivity contribution in [3.63, 3.8) is 0 Å². The van der Waals surface area contributed by atoms with Crippen LogP contribution in [0.4, 0.5) is 17.1 Å². The highest BCUT2D eigenvalue weighted by atomic mass is 16.3. The molecule has 0 saturated heterocycles. The lowest BCUT2D eigenvalue weighted by Crippen LogP contribution is -2.10. The van der Waals surface area contributed by atoms with Crippen molar-refractivity contribution in [2.24, 2.45) is 0 Å². The SMILES string of the molecule is c1ccc(N(c2ccc3c4ccc5ccccc5c4n(-c4ccccc4)c3c2)c2cccc3oc4cc5ccccc5cc4c23)cc1. The van der Waals surface area contributed by atoms with E-state index in [2.05, 4.69) is 179 Å². The molecule has 47 heavy (non-hydrogen) atoms. The molecule has 0 saturated carbocycles. The minimum Gasteiger partial charge on any atom is -0.456 e. The predicted octanol–water partition coefficient (Wildman–Crippen LogP) is 12.5. The van der Waals surface area contributed by atoms with Gasteiger partial charge in [-0.1, -0.05) is 109 Å². The average molecular weight is 601 g/mol. The summed E-state index contributed by atoms with van der Waals surface area (Å²) in [6, 6.07) is 60.8. The van der Waals surface area contributed by atoms with Crippen molar-refractivity contribution in [2.45, 2.75) is 0 Å². The third kappa shape index (κ3) is 3.93. The molecule has 220 valence electrons. The molecule has 0 unspecified atom stereocenters. The van der Waals surface area contributed by atoms with Gasteiger partial charge in [-0.25, -0.2) is 0 Å². The Bertz CT molecular complexity index is 2790. The van der Waals surface area contributed by atoms with Crippen LogP contribution in [-0.4, -0.2) is 4.57 Å². The normalized spacial score (nSPS) is 11.8. The van der Waals surface area contributed by atoms with E-state index >= 15 is 0 Å². The van der Waals surface area contributed by atoms with Gasteiger partial charge in [0.15, 0.2) is 0 Å². The number of aromatic nitrogens is 1. The molecule has 0 aliphatic heterocycles. The number of furan rings is 1. The van der Waals surface area contributed by atoms with E-state index in [0.717, 1.165) is 50.2 Å². The zero-order chi connectivity index (χ0) is 30.9. The highest BCUT2D eigenvalue weighted by Crippen LogP contribution is 2.45. The third-order valence-electron chi connectivity index (χ3n) is 9.51. The van der Waals surface area contributed by atoms with Crippen molar-refractivity contribution in [3.05, 3.63) is 170 Å². The molecule has 0 N–H and O–H groups in total. The Hall–Kier alpha value is -6.32. The van der Waals surface area contributed by atoms with Gasteiger partial charge in [-0.15, -0.1) is 0 Å². The van der Waals surface area contributed by atoms with Gasteiger partial charge >= 0.3 is 0 Å². The standard InChI is InChI=1S/C44H28N2O/c1-3-15-32(16-4-1)45(39-20-11-21-41-43(39)38-26-30-13-7-8-14-31(30)27-42(38)47-41)34-23-25-36-37-24-22-29-12-9-10-19-35(29)44(37)46(40(36)28-34)33-17-5-2-6-18-33/h1-28H. The van der Waals surface area contributed by atoms with E-state index in [4.69, 9.17) is 4.42 Å². The molecular weight excluding hydrogens is 572 g/mol. The van der Waals surface area contributed by atoms with Crippen LogP contribution in [0.1, 0.15) is 0 Å². The van der Waals surface area contributed by atoms with Crippen molar-refractivity contribution in [1.29, 1.82) is 0 Å². The summed E-state index contributed by atoms with van der Waals surface area (Å²) < 4.78 is 8.95. The third-order valence-corrected chi connectivity index (χ3v) is 9.51. The fourth-order valence-corrected chi connectivity index (χ4v) is 7.43. The number of hydrogen-bond donors (Lipinski definition) is 0. The van der Waals surface area contributed by atoms with Crippen LogP contribution in [0, 0.1) is 0 Å². The Morgan fingerprint density at radius 3 is 1.96 bits per heavy atom. The first kappa shape index (κ1) is 26.0. The molecule has 0 aliphatic rings. The molecule has 0 fully saturated rings. The summed E-state index contributed by atoms with van der Waals surface area (Å²) in [5.74, 6) is 0. The molecule has 10 aromatic rings. The first-order chi connectivity index (χ1) is 23.3. The second-order valence-electron chi connectivity index (χ2n) is 12.2. The highest BCUT2D eigenvalue weighted by Gasteiger charge is 2.22. The van der Waals surface area contributed by atoms with Gasteiger partial charge in [0.2, 0.25) is 0 Å². The van der Waals surface area contributed by atoms with Crippen LogP contribution < -0.4 is 4.90 Å². The maximum Gasteiger partial charge on any atom is 0.137 e.